The van der Waals surface area contributed by atoms with Gasteiger partial charge in [-0.15, -0.1) is 0 Å². The van der Waals surface area contributed by atoms with Gasteiger partial charge in [0.15, 0.2) is 0 Å². The second-order valence-electron chi connectivity index (χ2n) is 1.15. The summed E-state index contributed by atoms with van der Waals surface area (Å²) in [5.41, 5.74) is 0. The van der Waals surface area contributed by atoms with E-state index in [0.717, 1.165) is 0 Å². The standard InChI is InChI=1S/C6H6.6BrH/c1-2-4-6-5-3-1;;;;;;/h1-6H;6*1H/p-6. The van der Waals surface area contributed by atoms with Gasteiger partial charge in [-0.1, -0.05) is 36.4 Å². The van der Waals surface area contributed by atoms with Crippen LogP contribution >= 0.6 is 0 Å². The maximum Gasteiger partial charge on any atom is -0.0623 e. The van der Waals surface area contributed by atoms with Gasteiger partial charge in [0.25, 0.3) is 0 Å². The molecule has 0 aliphatic carbocycles. The zero-order valence-corrected chi connectivity index (χ0v) is 15.2. The molecular weight excluding hydrogens is 551 g/mol. The Morgan fingerprint density at radius 2 is 0.333 bits per heavy atom. The third-order valence-corrected chi connectivity index (χ3v) is 0.667. The summed E-state index contributed by atoms with van der Waals surface area (Å²) in [7, 11) is 0. The van der Waals surface area contributed by atoms with Gasteiger partial charge in [-0.3, -0.25) is 0 Å². The van der Waals surface area contributed by atoms with E-state index < -0.39 is 0 Å². The Bertz CT molecular complexity index is 84.0. The molecule has 0 aromatic heterocycles. The largest absolute Gasteiger partial charge is 1.00 e. The average Bonchev–Trinajstić information content (AvgIpc) is 1.72. The van der Waals surface area contributed by atoms with Crippen LogP contribution in [0.5, 0.6) is 0 Å². The van der Waals surface area contributed by atoms with Gasteiger partial charge in [0.1, 0.15) is 0 Å². The Hall–Kier alpha value is 2.10. The van der Waals surface area contributed by atoms with E-state index in [1.54, 1.807) is 0 Å². The predicted molar refractivity (Wildman–Crippen MR) is 26.4 cm³/mol. The lowest BCUT2D eigenvalue weighted by atomic mass is 10.4. The second kappa shape index (κ2) is 29.2. The zero-order chi connectivity index (χ0) is 4.24. The summed E-state index contributed by atoms with van der Waals surface area (Å²) in [6, 6.07) is 12.0. The van der Waals surface area contributed by atoms with E-state index in [0.29, 0.717) is 0 Å². The van der Waals surface area contributed by atoms with E-state index in [2.05, 4.69) is 0 Å². The molecule has 0 spiro atoms. The Kier molecular flexibility index (Phi) is 89.8. The molecule has 0 bridgehead atoms. The third kappa shape index (κ3) is 22.7. The monoisotopic (exact) mass is 552 g/mol. The Morgan fingerprint density at radius 1 is 0.250 bits per heavy atom. The molecule has 0 saturated heterocycles. The fraction of sp³-hybridized carbons (Fsp3) is 0. The van der Waals surface area contributed by atoms with Crippen molar-refractivity contribution in [3.63, 3.8) is 0 Å². The van der Waals surface area contributed by atoms with Crippen LogP contribution in [0.2, 0.25) is 0 Å². The predicted octanol–water partition coefficient (Wildman–Crippen LogP) is -16.3. The Balaban J connectivity index is -0.0000000150. The van der Waals surface area contributed by atoms with Crippen molar-refractivity contribution in [2.24, 2.45) is 0 Å². The van der Waals surface area contributed by atoms with Crippen molar-refractivity contribution < 1.29 is 102 Å². The highest BCUT2D eigenvalue weighted by molar-refractivity contribution is 4.99. The smallest absolute Gasteiger partial charge is 0.0623 e. The van der Waals surface area contributed by atoms with Gasteiger partial charge in [0.05, 0.1) is 0 Å². The molecule has 0 unspecified atom stereocenters. The summed E-state index contributed by atoms with van der Waals surface area (Å²) in [6.07, 6.45) is 0. The molecule has 0 aliphatic heterocycles. The van der Waals surface area contributed by atoms with Crippen molar-refractivity contribution in [3.05, 3.63) is 36.4 Å². The maximum absolute atomic E-state index is 2.00. The number of hydrogen-bond donors (Lipinski definition) is 0. The second-order valence-corrected chi connectivity index (χ2v) is 1.15. The fourth-order valence-corrected chi connectivity index (χ4v) is 0.385. The molecule has 0 aliphatic rings. The highest BCUT2D eigenvalue weighted by Gasteiger charge is 1.57. The quantitative estimate of drug-likeness (QED) is 0.298. The van der Waals surface area contributed by atoms with Crippen molar-refractivity contribution in [2.45, 2.75) is 0 Å². The van der Waals surface area contributed by atoms with Crippen LogP contribution in [0.25, 0.3) is 0 Å². The molecule has 0 N–H and O–H groups in total. The number of hydrogen-bond acceptors (Lipinski definition) is 0. The first kappa shape index (κ1) is 36.9. The zero-order valence-electron chi connectivity index (χ0n) is 5.73. The summed E-state index contributed by atoms with van der Waals surface area (Å²) in [6.45, 7) is 0. The van der Waals surface area contributed by atoms with Gasteiger partial charge < -0.3 is 102 Å². The van der Waals surface area contributed by atoms with Crippen molar-refractivity contribution in [1.82, 2.24) is 0 Å². The van der Waals surface area contributed by atoms with Crippen LogP contribution < -0.4 is 102 Å². The van der Waals surface area contributed by atoms with Crippen LogP contribution in [-0.4, -0.2) is 0 Å². The van der Waals surface area contributed by atoms with E-state index in [4.69, 9.17) is 0 Å². The number of benzene rings is 1. The maximum atomic E-state index is 2.00. The van der Waals surface area contributed by atoms with Crippen molar-refractivity contribution in [2.75, 3.05) is 0 Å². The van der Waals surface area contributed by atoms with Gasteiger partial charge in [-0.25, -0.2) is 0 Å². The first-order valence-electron chi connectivity index (χ1n) is 2.00. The SMILES string of the molecule is [Br-].[Br-].[Br-].[Br-].[Br-].[Br-].c1ccccc1. The van der Waals surface area contributed by atoms with Crippen LogP contribution in [-0.2, 0) is 0 Å². The lowest BCUT2D eigenvalue weighted by Gasteiger charge is -1.69. The lowest BCUT2D eigenvalue weighted by Crippen LogP contribution is -3.00. The highest BCUT2D eigenvalue weighted by atomic mass is 79.9. The van der Waals surface area contributed by atoms with Crippen LogP contribution in [0, 0.1) is 0 Å². The summed E-state index contributed by atoms with van der Waals surface area (Å²) < 4.78 is 0. The van der Waals surface area contributed by atoms with E-state index in [1.165, 1.54) is 0 Å². The van der Waals surface area contributed by atoms with E-state index in [1.807, 2.05) is 36.4 Å². The lowest BCUT2D eigenvalue weighted by molar-refractivity contribution is -0.00100. The number of rotatable bonds is 0. The van der Waals surface area contributed by atoms with Crippen molar-refractivity contribution >= 4 is 0 Å². The molecule has 1 aromatic rings. The molecule has 78 valence electrons. The van der Waals surface area contributed by atoms with Gasteiger partial charge in [-0.05, 0) is 0 Å². The van der Waals surface area contributed by atoms with Crippen molar-refractivity contribution in [1.29, 1.82) is 0 Å². The summed E-state index contributed by atoms with van der Waals surface area (Å²) >= 11 is 0. The Labute approximate surface area is 137 Å². The molecule has 0 atom stereocenters. The molecule has 0 fully saturated rings. The average molecular weight is 558 g/mol. The molecule has 1 aromatic carbocycles. The molecule has 0 radical (unpaired) electrons. The normalized spacial score (nSPS) is 4.00. The minimum Gasteiger partial charge on any atom is -1.00 e. The number of halogens is 6. The van der Waals surface area contributed by atoms with Crippen LogP contribution in [0.15, 0.2) is 36.4 Å². The van der Waals surface area contributed by atoms with Gasteiger partial charge in [-0.2, -0.15) is 0 Å². The van der Waals surface area contributed by atoms with Crippen molar-refractivity contribution in [3.8, 4) is 0 Å². The summed E-state index contributed by atoms with van der Waals surface area (Å²) in [4.78, 5) is 0. The first-order chi connectivity index (χ1) is 3.00. The molecule has 12 heavy (non-hydrogen) atoms. The van der Waals surface area contributed by atoms with E-state index in [9.17, 15) is 0 Å². The van der Waals surface area contributed by atoms with Gasteiger partial charge in [0, 0.05) is 0 Å². The van der Waals surface area contributed by atoms with E-state index in [-0.39, 0.29) is 102 Å². The van der Waals surface area contributed by atoms with Crippen LogP contribution in [0.3, 0.4) is 0 Å². The summed E-state index contributed by atoms with van der Waals surface area (Å²) in [5.74, 6) is 0. The minimum absolute atomic E-state index is 0. The van der Waals surface area contributed by atoms with Gasteiger partial charge in [0.2, 0.25) is 0 Å². The summed E-state index contributed by atoms with van der Waals surface area (Å²) in [5, 5.41) is 0. The topological polar surface area (TPSA) is 0 Å². The van der Waals surface area contributed by atoms with Crippen LogP contribution in [0.1, 0.15) is 0 Å². The molecule has 6 heteroatoms. The molecule has 0 heterocycles. The van der Waals surface area contributed by atoms with Crippen LogP contribution in [0.4, 0.5) is 0 Å². The molecule has 1 rings (SSSR count). The third-order valence-electron chi connectivity index (χ3n) is 0.667. The fourth-order valence-electron chi connectivity index (χ4n) is 0.385. The van der Waals surface area contributed by atoms with Gasteiger partial charge >= 0.3 is 0 Å². The molecular formula is C6H6Br6-6. The molecule has 0 amide bonds. The molecule has 0 saturated carbocycles. The highest BCUT2D eigenvalue weighted by Crippen LogP contribution is 1.79. The molecule has 0 nitrogen and oxygen atoms in total. The first-order valence-corrected chi connectivity index (χ1v) is 2.00. The minimum atomic E-state index is 0. The van der Waals surface area contributed by atoms with E-state index >= 15 is 0 Å². The Morgan fingerprint density at radius 3 is 0.417 bits per heavy atom.